The number of nitrogens with zero attached hydrogens (tertiary/aromatic N) is 2. The van der Waals surface area contributed by atoms with Crippen molar-refractivity contribution in [2.45, 2.75) is 46.2 Å². The number of rotatable bonds is 7. The molecule has 0 spiro atoms. The Morgan fingerprint density at radius 2 is 1.71 bits per heavy atom. The number of hydrogen-bond acceptors (Lipinski definition) is 4. The lowest BCUT2D eigenvalue weighted by atomic mass is 9.98. The number of benzene rings is 1. The van der Waals surface area contributed by atoms with Gasteiger partial charge in [-0.2, -0.15) is 0 Å². The second kappa shape index (κ2) is 8.33. The third kappa shape index (κ3) is 3.67. The minimum atomic E-state index is -0.619. The highest BCUT2D eigenvalue weighted by molar-refractivity contribution is 5.92. The molecule has 1 unspecified atom stereocenters. The SMILES string of the molecule is CCCCn1c2c(c(=O)[nH]c1=O)C(c1ccc(N(CC)CC)cc1)NC(=O)N2. The number of aromatic nitrogens is 2. The van der Waals surface area contributed by atoms with E-state index in [4.69, 9.17) is 0 Å². The van der Waals surface area contributed by atoms with Gasteiger partial charge in [0.05, 0.1) is 11.6 Å². The van der Waals surface area contributed by atoms with E-state index in [2.05, 4.69) is 34.4 Å². The summed E-state index contributed by atoms with van der Waals surface area (Å²) in [6, 6.07) is 6.74. The number of amides is 2. The van der Waals surface area contributed by atoms with E-state index in [-0.39, 0.29) is 5.82 Å². The molecule has 150 valence electrons. The molecule has 1 aromatic heterocycles. The lowest BCUT2D eigenvalue weighted by Gasteiger charge is -2.29. The summed E-state index contributed by atoms with van der Waals surface area (Å²) in [4.78, 5) is 41.8. The maximum absolute atomic E-state index is 12.6. The molecule has 0 radical (unpaired) electrons. The summed E-state index contributed by atoms with van der Waals surface area (Å²) in [6.45, 7) is 8.43. The predicted molar refractivity (Wildman–Crippen MR) is 110 cm³/mol. The molecule has 0 bridgehead atoms. The number of aromatic amines is 1. The van der Waals surface area contributed by atoms with E-state index in [1.165, 1.54) is 4.57 Å². The van der Waals surface area contributed by atoms with Crippen LogP contribution in [0.2, 0.25) is 0 Å². The lowest BCUT2D eigenvalue weighted by molar-refractivity contribution is 0.248. The summed E-state index contributed by atoms with van der Waals surface area (Å²) in [6.07, 6.45) is 1.66. The Balaban J connectivity index is 2.07. The smallest absolute Gasteiger partial charge is 0.329 e. The van der Waals surface area contributed by atoms with E-state index in [1.54, 1.807) is 0 Å². The molecule has 28 heavy (non-hydrogen) atoms. The zero-order valence-corrected chi connectivity index (χ0v) is 16.5. The lowest BCUT2D eigenvalue weighted by Crippen LogP contribution is -2.46. The van der Waals surface area contributed by atoms with Crippen LogP contribution in [0.15, 0.2) is 33.9 Å². The number of hydrogen-bond donors (Lipinski definition) is 3. The Kier molecular flexibility index (Phi) is 5.87. The highest BCUT2D eigenvalue weighted by atomic mass is 16.2. The number of nitrogens with one attached hydrogen (secondary N) is 3. The summed E-state index contributed by atoms with van der Waals surface area (Å²) in [5.74, 6) is 0.281. The molecule has 3 N–H and O–H groups in total. The van der Waals surface area contributed by atoms with Gasteiger partial charge in [-0.25, -0.2) is 9.59 Å². The highest BCUT2D eigenvalue weighted by Gasteiger charge is 2.31. The van der Waals surface area contributed by atoms with Crippen LogP contribution in [0.4, 0.5) is 16.3 Å². The van der Waals surface area contributed by atoms with E-state index >= 15 is 0 Å². The zero-order valence-electron chi connectivity index (χ0n) is 16.5. The van der Waals surface area contributed by atoms with Crippen molar-refractivity contribution in [3.63, 3.8) is 0 Å². The van der Waals surface area contributed by atoms with Gasteiger partial charge >= 0.3 is 11.7 Å². The van der Waals surface area contributed by atoms with Crippen LogP contribution in [0.3, 0.4) is 0 Å². The van der Waals surface area contributed by atoms with Crippen LogP contribution in [0.25, 0.3) is 0 Å². The molecule has 1 aromatic carbocycles. The van der Waals surface area contributed by atoms with Gasteiger partial charge in [-0.3, -0.25) is 19.7 Å². The Morgan fingerprint density at radius 3 is 2.32 bits per heavy atom. The van der Waals surface area contributed by atoms with Crippen molar-refractivity contribution >= 4 is 17.5 Å². The van der Waals surface area contributed by atoms with E-state index in [9.17, 15) is 14.4 Å². The number of carbonyl (C=O) groups excluding carboxylic acids is 1. The molecule has 2 heterocycles. The number of urea groups is 1. The molecular weight excluding hydrogens is 358 g/mol. The van der Waals surface area contributed by atoms with Gasteiger partial charge in [0.2, 0.25) is 0 Å². The first kappa shape index (κ1) is 19.7. The summed E-state index contributed by atoms with van der Waals surface area (Å²) in [7, 11) is 0. The van der Waals surface area contributed by atoms with E-state index < -0.39 is 23.3 Å². The quantitative estimate of drug-likeness (QED) is 0.681. The van der Waals surface area contributed by atoms with Crippen molar-refractivity contribution in [1.82, 2.24) is 14.9 Å². The Morgan fingerprint density at radius 1 is 1.04 bits per heavy atom. The number of unbranched alkanes of at least 4 members (excludes halogenated alkanes) is 1. The number of fused-ring (bicyclic) bond motifs is 1. The van der Waals surface area contributed by atoms with Crippen LogP contribution >= 0.6 is 0 Å². The van der Waals surface area contributed by atoms with Gasteiger partial charge in [-0.1, -0.05) is 25.5 Å². The molecule has 0 fully saturated rings. The van der Waals surface area contributed by atoms with Crippen LogP contribution < -0.4 is 26.8 Å². The average molecular weight is 385 g/mol. The van der Waals surface area contributed by atoms with Crippen molar-refractivity contribution in [1.29, 1.82) is 0 Å². The van der Waals surface area contributed by atoms with E-state index in [0.717, 1.165) is 37.2 Å². The molecule has 3 rings (SSSR count). The number of H-pyrrole nitrogens is 1. The first-order valence-electron chi connectivity index (χ1n) is 9.79. The molecule has 2 aromatic rings. The van der Waals surface area contributed by atoms with E-state index in [1.807, 2.05) is 31.2 Å². The van der Waals surface area contributed by atoms with Gasteiger partial charge in [0.1, 0.15) is 5.82 Å². The van der Waals surface area contributed by atoms with Gasteiger partial charge < -0.3 is 10.2 Å². The summed E-state index contributed by atoms with van der Waals surface area (Å²) in [5.41, 5.74) is 1.23. The topological polar surface area (TPSA) is 99.2 Å². The molecular formula is C20H27N5O3. The van der Waals surface area contributed by atoms with E-state index in [0.29, 0.717) is 12.1 Å². The Bertz CT molecular complexity index is 957. The van der Waals surface area contributed by atoms with Crippen molar-refractivity contribution in [2.24, 2.45) is 0 Å². The maximum Gasteiger partial charge on any atom is 0.329 e. The van der Waals surface area contributed by atoms with Gasteiger partial charge in [0.25, 0.3) is 5.56 Å². The highest BCUT2D eigenvalue weighted by Crippen LogP contribution is 2.29. The molecule has 0 aliphatic carbocycles. The van der Waals surface area contributed by atoms with Crippen LogP contribution in [-0.2, 0) is 6.54 Å². The van der Waals surface area contributed by atoms with Crippen LogP contribution in [-0.4, -0.2) is 28.7 Å². The fraction of sp³-hybridized carbons (Fsp3) is 0.450. The minimum Gasteiger partial charge on any atom is -0.372 e. The predicted octanol–water partition coefficient (Wildman–Crippen LogP) is 2.41. The molecule has 0 saturated heterocycles. The van der Waals surface area contributed by atoms with Gasteiger partial charge in [-0.15, -0.1) is 0 Å². The summed E-state index contributed by atoms with van der Waals surface area (Å²) < 4.78 is 1.44. The molecule has 0 saturated carbocycles. The second-order valence-electron chi connectivity index (χ2n) is 6.82. The summed E-state index contributed by atoms with van der Waals surface area (Å²) in [5, 5.41) is 5.46. The number of anilines is 2. The fourth-order valence-electron chi connectivity index (χ4n) is 3.58. The average Bonchev–Trinajstić information content (AvgIpc) is 2.68. The minimum absolute atomic E-state index is 0.281. The molecule has 8 heteroatoms. The van der Waals surface area contributed by atoms with Crippen molar-refractivity contribution in [3.8, 4) is 0 Å². The van der Waals surface area contributed by atoms with Crippen molar-refractivity contribution < 1.29 is 4.79 Å². The molecule has 8 nitrogen and oxygen atoms in total. The summed E-state index contributed by atoms with van der Waals surface area (Å²) >= 11 is 0. The van der Waals surface area contributed by atoms with Crippen molar-refractivity contribution in [3.05, 3.63) is 56.2 Å². The standard InChI is InChI=1S/C20H27N5O3/c1-4-7-12-25-17-15(18(26)23-20(25)28)16(21-19(27)22-17)13-8-10-14(11-9-13)24(5-2)6-3/h8-11,16H,4-7,12H2,1-3H3,(H2,21,22,27)(H,23,26,28). The van der Waals surface area contributed by atoms with Crippen LogP contribution in [0.5, 0.6) is 0 Å². The van der Waals surface area contributed by atoms with Crippen LogP contribution in [0.1, 0.15) is 50.8 Å². The first-order chi connectivity index (χ1) is 13.5. The van der Waals surface area contributed by atoms with Crippen molar-refractivity contribution in [2.75, 3.05) is 23.3 Å². The third-order valence-corrected chi connectivity index (χ3v) is 5.12. The third-order valence-electron chi connectivity index (χ3n) is 5.12. The molecule has 2 amide bonds. The van der Waals surface area contributed by atoms with Gasteiger partial charge in [0, 0.05) is 25.3 Å². The van der Waals surface area contributed by atoms with Gasteiger partial charge in [0.15, 0.2) is 0 Å². The zero-order chi connectivity index (χ0) is 20.3. The van der Waals surface area contributed by atoms with Crippen LogP contribution in [0, 0.1) is 0 Å². The number of carbonyl (C=O) groups is 1. The molecule has 1 aliphatic rings. The largest absolute Gasteiger partial charge is 0.372 e. The second-order valence-corrected chi connectivity index (χ2v) is 6.82. The van der Waals surface area contributed by atoms with Gasteiger partial charge in [-0.05, 0) is 38.0 Å². The molecule has 1 atom stereocenters. The first-order valence-corrected chi connectivity index (χ1v) is 9.79. The fourth-order valence-corrected chi connectivity index (χ4v) is 3.58. The Hall–Kier alpha value is -3.03. The Labute approximate surface area is 163 Å². The normalized spacial score (nSPS) is 15.5. The monoisotopic (exact) mass is 385 g/mol. The maximum atomic E-state index is 12.6. The molecule has 1 aliphatic heterocycles.